The van der Waals surface area contributed by atoms with E-state index in [2.05, 4.69) is 43.4 Å². The Morgan fingerprint density at radius 3 is 2.80 bits per heavy atom. The highest BCUT2D eigenvalue weighted by molar-refractivity contribution is 5.28. The molecule has 1 N–H and O–H groups in total. The number of rotatable bonds is 7. The van der Waals surface area contributed by atoms with Gasteiger partial charge in [0.05, 0.1) is 6.61 Å². The molecule has 0 radical (unpaired) electrons. The van der Waals surface area contributed by atoms with Crippen molar-refractivity contribution in [2.45, 2.75) is 51.7 Å². The van der Waals surface area contributed by atoms with Crippen molar-refractivity contribution < 1.29 is 9.47 Å². The maximum atomic E-state index is 5.94. The Labute approximate surface area is 122 Å². The molecule has 3 nitrogen and oxygen atoms in total. The molecule has 1 aliphatic rings. The van der Waals surface area contributed by atoms with Gasteiger partial charge in [0, 0.05) is 12.6 Å². The first-order valence-electron chi connectivity index (χ1n) is 7.84. The van der Waals surface area contributed by atoms with Gasteiger partial charge in [-0.25, -0.2) is 0 Å². The van der Waals surface area contributed by atoms with Gasteiger partial charge in [-0.1, -0.05) is 19.1 Å². The normalized spacial score (nSPS) is 20.6. The van der Waals surface area contributed by atoms with E-state index in [1.807, 2.05) is 0 Å². The zero-order valence-corrected chi connectivity index (χ0v) is 12.7. The van der Waals surface area contributed by atoms with Gasteiger partial charge in [-0.3, -0.25) is 0 Å². The molecule has 0 spiro atoms. The highest BCUT2D eigenvalue weighted by atomic mass is 16.5. The van der Waals surface area contributed by atoms with Crippen LogP contribution in [-0.2, 0) is 11.2 Å². The molecular formula is C17H27NO2. The lowest BCUT2D eigenvalue weighted by Crippen LogP contribution is -2.28. The zero-order valence-electron chi connectivity index (χ0n) is 12.7. The zero-order chi connectivity index (χ0) is 14.2. The molecule has 2 rings (SSSR count). The van der Waals surface area contributed by atoms with Crippen molar-refractivity contribution in [3.8, 4) is 5.75 Å². The van der Waals surface area contributed by atoms with E-state index in [0.29, 0.717) is 6.04 Å². The Morgan fingerprint density at radius 1 is 1.35 bits per heavy atom. The maximum absolute atomic E-state index is 5.94. The van der Waals surface area contributed by atoms with E-state index in [4.69, 9.17) is 9.47 Å². The topological polar surface area (TPSA) is 30.5 Å². The minimum Gasteiger partial charge on any atom is -0.488 e. The van der Waals surface area contributed by atoms with Crippen LogP contribution in [0.15, 0.2) is 24.3 Å². The summed E-state index contributed by atoms with van der Waals surface area (Å²) in [4.78, 5) is 0. The smallest absolute Gasteiger partial charge is 0.122 e. The van der Waals surface area contributed by atoms with Gasteiger partial charge < -0.3 is 14.8 Å². The van der Waals surface area contributed by atoms with Crippen LogP contribution < -0.4 is 10.1 Å². The highest BCUT2D eigenvalue weighted by Gasteiger charge is 2.15. The van der Waals surface area contributed by atoms with Crippen LogP contribution in [0.5, 0.6) is 5.75 Å². The molecule has 1 saturated heterocycles. The molecule has 0 saturated carbocycles. The Kier molecular flexibility index (Phi) is 6.34. The molecule has 0 amide bonds. The van der Waals surface area contributed by atoms with E-state index in [1.165, 1.54) is 12.0 Å². The standard InChI is InChI=1S/C17H27NO2/c1-3-10-18-14(2)12-15-6-8-16(9-7-15)20-17-5-4-11-19-13-17/h6-9,14,17-18H,3-5,10-13H2,1-2H3. The number of nitrogens with one attached hydrogen (secondary N) is 1. The summed E-state index contributed by atoms with van der Waals surface area (Å²) in [5.41, 5.74) is 1.35. The third kappa shape index (κ3) is 5.14. The Bertz CT molecular complexity index is 371. The van der Waals surface area contributed by atoms with Crippen molar-refractivity contribution in [1.29, 1.82) is 0 Å². The number of benzene rings is 1. The third-order valence-electron chi connectivity index (χ3n) is 3.63. The van der Waals surface area contributed by atoms with Crippen molar-refractivity contribution >= 4 is 0 Å². The molecule has 0 aromatic heterocycles. The molecule has 0 aliphatic carbocycles. The first-order chi connectivity index (χ1) is 9.78. The van der Waals surface area contributed by atoms with E-state index in [1.54, 1.807) is 0 Å². The van der Waals surface area contributed by atoms with E-state index in [0.717, 1.165) is 44.8 Å². The minimum absolute atomic E-state index is 0.222. The van der Waals surface area contributed by atoms with E-state index in [9.17, 15) is 0 Å². The SMILES string of the molecule is CCCNC(C)Cc1ccc(OC2CCCOC2)cc1. The van der Waals surface area contributed by atoms with E-state index in [-0.39, 0.29) is 6.10 Å². The van der Waals surface area contributed by atoms with Crippen molar-refractivity contribution in [1.82, 2.24) is 5.32 Å². The van der Waals surface area contributed by atoms with Crippen LogP contribution in [0, 0.1) is 0 Å². The highest BCUT2D eigenvalue weighted by Crippen LogP contribution is 2.18. The van der Waals surface area contributed by atoms with Crippen molar-refractivity contribution in [2.75, 3.05) is 19.8 Å². The second-order valence-corrected chi connectivity index (χ2v) is 5.66. The van der Waals surface area contributed by atoms with Crippen LogP contribution >= 0.6 is 0 Å². The summed E-state index contributed by atoms with van der Waals surface area (Å²) in [7, 11) is 0. The summed E-state index contributed by atoms with van der Waals surface area (Å²) < 4.78 is 11.4. The molecule has 0 bridgehead atoms. The predicted molar refractivity (Wildman–Crippen MR) is 82.4 cm³/mol. The fourth-order valence-corrected chi connectivity index (χ4v) is 2.52. The van der Waals surface area contributed by atoms with Crippen LogP contribution in [0.1, 0.15) is 38.7 Å². The van der Waals surface area contributed by atoms with Crippen LogP contribution in [0.4, 0.5) is 0 Å². The van der Waals surface area contributed by atoms with Gasteiger partial charge in [0.15, 0.2) is 0 Å². The average Bonchev–Trinajstić information content (AvgIpc) is 2.48. The number of ether oxygens (including phenoxy) is 2. The monoisotopic (exact) mass is 277 g/mol. The van der Waals surface area contributed by atoms with Crippen LogP contribution in [0.3, 0.4) is 0 Å². The predicted octanol–water partition coefficient (Wildman–Crippen LogP) is 3.18. The fraction of sp³-hybridized carbons (Fsp3) is 0.647. The van der Waals surface area contributed by atoms with Gasteiger partial charge in [0.2, 0.25) is 0 Å². The summed E-state index contributed by atoms with van der Waals surface area (Å²) in [5, 5.41) is 3.51. The molecule has 2 atom stereocenters. The molecule has 3 heteroatoms. The van der Waals surface area contributed by atoms with Crippen molar-refractivity contribution in [3.05, 3.63) is 29.8 Å². The molecular weight excluding hydrogens is 250 g/mol. The summed E-state index contributed by atoms with van der Waals surface area (Å²) in [6, 6.07) is 9.02. The number of hydrogen-bond donors (Lipinski definition) is 1. The van der Waals surface area contributed by atoms with Gasteiger partial charge in [-0.05, 0) is 56.8 Å². The molecule has 1 aromatic carbocycles. The van der Waals surface area contributed by atoms with E-state index >= 15 is 0 Å². The lowest BCUT2D eigenvalue weighted by molar-refractivity contribution is 0.00742. The Morgan fingerprint density at radius 2 is 2.15 bits per heavy atom. The molecule has 112 valence electrons. The summed E-state index contributed by atoms with van der Waals surface area (Å²) >= 11 is 0. The lowest BCUT2D eigenvalue weighted by Gasteiger charge is -2.23. The molecule has 1 heterocycles. The molecule has 1 aliphatic heterocycles. The van der Waals surface area contributed by atoms with Crippen molar-refractivity contribution in [3.63, 3.8) is 0 Å². The molecule has 1 aromatic rings. The third-order valence-corrected chi connectivity index (χ3v) is 3.63. The van der Waals surface area contributed by atoms with Crippen LogP contribution in [0.25, 0.3) is 0 Å². The minimum atomic E-state index is 0.222. The first kappa shape index (κ1) is 15.3. The molecule has 2 unspecified atom stereocenters. The second kappa shape index (κ2) is 8.28. The molecule has 20 heavy (non-hydrogen) atoms. The van der Waals surface area contributed by atoms with Gasteiger partial charge in [0.1, 0.15) is 11.9 Å². The quantitative estimate of drug-likeness (QED) is 0.830. The summed E-state index contributed by atoms with van der Waals surface area (Å²) in [6.07, 6.45) is 4.66. The van der Waals surface area contributed by atoms with Gasteiger partial charge in [-0.2, -0.15) is 0 Å². The largest absolute Gasteiger partial charge is 0.488 e. The lowest BCUT2D eigenvalue weighted by atomic mass is 10.1. The van der Waals surface area contributed by atoms with Gasteiger partial charge in [-0.15, -0.1) is 0 Å². The Balaban J connectivity index is 1.79. The van der Waals surface area contributed by atoms with E-state index < -0.39 is 0 Å². The van der Waals surface area contributed by atoms with Gasteiger partial charge in [0.25, 0.3) is 0 Å². The number of hydrogen-bond acceptors (Lipinski definition) is 3. The first-order valence-corrected chi connectivity index (χ1v) is 7.84. The second-order valence-electron chi connectivity index (χ2n) is 5.66. The van der Waals surface area contributed by atoms with Gasteiger partial charge >= 0.3 is 0 Å². The summed E-state index contributed by atoms with van der Waals surface area (Å²) in [5.74, 6) is 0.957. The van der Waals surface area contributed by atoms with Crippen molar-refractivity contribution in [2.24, 2.45) is 0 Å². The average molecular weight is 277 g/mol. The maximum Gasteiger partial charge on any atom is 0.122 e. The Hall–Kier alpha value is -1.06. The fourth-order valence-electron chi connectivity index (χ4n) is 2.52. The molecule has 1 fully saturated rings. The van der Waals surface area contributed by atoms with Crippen LogP contribution in [0.2, 0.25) is 0 Å². The van der Waals surface area contributed by atoms with Crippen LogP contribution in [-0.4, -0.2) is 31.9 Å². The summed E-state index contributed by atoms with van der Waals surface area (Å²) in [6.45, 7) is 7.12.